The fourth-order valence-electron chi connectivity index (χ4n) is 8.18. The monoisotopic (exact) mass is 1070 g/mol. The molecule has 0 aromatic carbocycles. The van der Waals surface area contributed by atoms with Crippen molar-refractivity contribution in [2.45, 2.75) is 264 Å². The molecule has 75 heavy (non-hydrogen) atoms. The standard InChI is InChI=1S/C65H112NO8P/c1-3-5-7-9-11-13-15-17-19-20-21-22-23-24-25-26-27-28-29-30-31-32-33-34-35-36-37-38-39-40-41-42-44-46-48-50-52-54-56-58-65(68)74-63(62-73-75(69,70)72-60-59-66)61-71-64(67)57-55-53-51-49-47-45-43-18-16-14-12-10-8-6-4-2/h5,7,11,13,17-19,21-22,24-25,27-28,30-31,33-34,43,63H,3-4,6,8-10,12,14-16,20,23,26,29,32,35-42,44-62,66H2,1-2H3,(H,69,70)/b7-5-,13-11-,19-17-,22-21-,25-24-,28-27-,31-30-,34-33-,43-18-. The number of phosphoric ester groups is 1. The van der Waals surface area contributed by atoms with Crippen LogP contribution in [0.1, 0.15) is 258 Å². The zero-order valence-corrected chi connectivity index (χ0v) is 48.9. The van der Waals surface area contributed by atoms with Crippen LogP contribution in [0.3, 0.4) is 0 Å². The molecule has 0 spiro atoms. The van der Waals surface area contributed by atoms with E-state index in [9.17, 15) is 19.0 Å². The molecule has 0 heterocycles. The Balaban J connectivity index is 3.90. The molecule has 3 N–H and O–H groups in total. The lowest BCUT2D eigenvalue weighted by Crippen LogP contribution is -2.29. The van der Waals surface area contributed by atoms with Crippen LogP contribution in [0.4, 0.5) is 0 Å². The maximum atomic E-state index is 12.7. The number of esters is 2. The number of phosphoric acid groups is 1. The number of hydrogen-bond acceptors (Lipinski definition) is 8. The van der Waals surface area contributed by atoms with Crippen LogP contribution in [0.15, 0.2) is 109 Å². The second-order valence-electron chi connectivity index (χ2n) is 19.8. The summed E-state index contributed by atoms with van der Waals surface area (Å²) in [6.07, 6.45) is 81.6. The lowest BCUT2D eigenvalue weighted by Gasteiger charge is -2.19. The Labute approximate surface area is 460 Å². The molecule has 0 aliphatic heterocycles. The van der Waals surface area contributed by atoms with E-state index in [2.05, 4.69) is 123 Å². The average molecular weight is 1070 g/mol. The van der Waals surface area contributed by atoms with Crippen molar-refractivity contribution >= 4 is 19.8 Å². The molecule has 0 aliphatic rings. The van der Waals surface area contributed by atoms with E-state index in [1.165, 1.54) is 116 Å². The SMILES string of the molecule is CC/C=C\C/C=C\C/C=C\C/C=C\C/C=C\C/C=C\C/C=C\C/C=C\CCCCCCCCCCCCCCCCC(=O)OC(COC(=O)CCCCCCC/C=C\CCCCCCCC)COP(=O)(O)OCCN. The Morgan fingerprint density at radius 2 is 0.733 bits per heavy atom. The summed E-state index contributed by atoms with van der Waals surface area (Å²) in [6, 6.07) is 0. The summed E-state index contributed by atoms with van der Waals surface area (Å²) in [5, 5.41) is 0. The van der Waals surface area contributed by atoms with Crippen LogP contribution in [0.5, 0.6) is 0 Å². The first kappa shape index (κ1) is 71.7. The van der Waals surface area contributed by atoms with Crippen LogP contribution >= 0.6 is 7.82 Å². The van der Waals surface area contributed by atoms with Crippen LogP contribution in [-0.4, -0.2) is 49.3 Å². The van der Waals surface area contributed by atoms with Gasteiger partial charge in [-0.15, -0.1) is 0 Å². The van der Waals surface area contributed by atoms with Crippen molar-refractivity contribution in [3.63, 3.8) is 0 Å². The Hall–Kier alpha value is -3.33. The number of unbranched alkanes of at least 4 members (excludes halogenated alkanes) is 25. The summed E-state index contributed by atoms with van der Waals surface area (Å²) in [6.45, 7) is 3.62. The molecule has 9 nitrogen and oxygen atoms in total. The molecule has 2 atom stereocenters. The maximum absolute atomic E-state index is 12.7. The van der Waals surface area contributed by atoms with Crippen molar-refractivity contribution in [3.8, 4) is 0 Å². The number of carbonyl (C=O) groups is 2. The van der Waals surface area contributed by atoms with Gasteiger partial charge in [0.25, 0.3) is 0 Å². The van der Waals surface area contributed by atoms with Crippen molar-refractivity contribution in [2.24, 2.45) is 5.73 Å². The third-order valence-corrected chi connectivity index (χ3v) is 13.6. The number of carbonyl (C=O) groups excluding carboxylic acids is 2. The van der Waals surface area contributed by atoms with E-state index in [1.54, 1.807) is 0 Å². The number of rotatable bonds is 56. The van der Waals surface area contributed by atoms with Crippen LogP contribution in [-0.2, 0) is 32.7 Å². The van der Waals surface area contributed by atoms with Crippen molar-refractivity contribution < 1.29 is 37.6 Å². The van der Waals surface area contributed by atoms with Gasteiger partial charge < -0.3 is 20.1 Å². The molecule has 10 heteroatoms. The number of hydrogen-bond donors (Lipinski definition) is 2. The second-order valence-corrected chi connectivity index (χ2v) is 21.3. The third-order valence-electron chi connectivity index (χ3n) is 12.6. The Morgan fingerprint density at radius 1 is 0.413 bits per heavy atom. The first-order chi connectivity index (χ1) is 36.8. The second kappa shape index (κ2) is 59.9. The molecular formula is C65H112NO8P. The molecule has 0 rings (SSSR count). The predicted octanol–water partition coefficient (Wildman–Crippen LogP) is 19.4. The molecule has 0 amide bonds. The van der Waals surface area contributed by atoms with Gasteiger partial charge >= 0.3 is 19.8 Å². The van der Waals surface area contributed by atoms with Gasteiger partial charge in [0.2, 0.25) is 0 Å². The summed E-state index contributed by atoms with van der Waals surface area (Å²) in [7, 11) is -4.39. The van der Waals surface area contributed by atoms with Crippen LogP contribution < -0.4 is 5.73 Å². The summed E-state index contributed by atoms with van der Waals surface area (Å²) >= 11 is 0. The van der Waals surface area contributed by atoms with Crippen LogP contribution in [0, 0.1) is 0 Å². The van der Waals surface area contributed by atoms with Crippen LogP contribution in [0.2, 0.25) is 0 Å². The van der Waals surface area contributed by atoms with Gasteiger partial charge in [-0.25, -0.2) is 4.57 Å². The predicted molar refractivity (Wildman–Crippen MR) is 321 cm³/mol. The largest absolute Gasteiger partial charge is 0.472 e. The zero-order valence-electron chi connectivity index (χ0n) is 48.0. The number of allylic oxidation sites excluding steroid dienone is 18. The topological polar surface area (TPSA) is 134 Å². The van der Waals surface area contributed by atoms with Crippen molar-refractivity contribution in [1.29, 1.82) is 0 Å². The summed E-state index contributed by atoms with van der Waals surface area (Å²) in [4.78, 5) is 35.1. The lowest BCUT2D eigenvalue weighted by atomic mass is 10.0. The molecule has 0 radical (unpaired) electrons. The van der Waals surface area contributed by atoms with Crippen molar-refractivity contribution in [3.05, 3.63) is 109 Å². The van der Waals surface area contributed by atoms with E-state index < -0.39 is 32.5 Å². The highest BCUT2D eigenvalue weighted by Crippen LogP contribution is 2.43. The van der Waals surface area contributed by atoms with Gasteiger partial charge in [0.1, 0.15) is 6.61 Å². The van der Waals surface area contributed by atoms with Gasteiger partial charge in [0.05, 0.1) is 13.2 Å². The van der Waals surface area contributed by atoms with Gasteiger partial charge in [0, 0.05) is 19.4 Å². The molecule has 430 valence electrons. The van der Waals surface area contributed by atoms with E-state index in [0.717, 1.165) is 109 Å². The number of nitrogens with two attached hydrogens (primary N) is 1. The molecule has 0 aliphatic carbocycles. The minimum Gasteiger partial charge on any atom is -0.462 e. The number of ether oxygens (including phenoxy) is 2. The molecule has 2 unspecified atom stereocenters. The Kier molecular flexibility index (Phi) is 57.2. The van der Waals surface area contributed by atoms with Crippen LogP contribution in [0.25, 0.3) is 0 Å². The smallest absolute Gasteiger partial charge is 0.462 e. The maximum Gasteiger partial charge on any atom is 0.472 e. The van der Waals surface area contributed by atoms with Gasteiger partial charge in [-0.3, -0.25) is 18.6 Å². The zero-order chi connectivity index (χ0) is 54.5. The highest BCUT2D eigenvalue weighted by Gasteiger charge is 2.26. The minimum absolute atomic E-state index is 0.0491. The van der Waals surface area contributed by atoms with E-state index >= 15 is 0 Å². The molecule has 0 aromatic heterocycles. The summed E-state index contributed by atoms with van der Waals surface area (Å²) in [5.41, 5.74) is 5.38. The van der Waals surface area contributed by atoms with Crippen molar-refractivity contribution in [1.82, 2.24) is 0 Å². The molecule has 0 saturated carbocycles. The van der Waals surface area contributed by atoms with Gasteiger partial charge in [-0.1, -0.05) is 252 Å². The normalized spacial score (nSPS) is 13.8. The highest BCUT2D eigenvalue weighted by molar-refractivity contribution is 7.47. The highest BCUT2D eigenvalue weighted by atomic mass is 31.2. The quantitative estimate of drug-likeness (QED) is 0.0264. The van der Waals surface area contributed by atoms with Gasteiger partial charge in [0.15, 0.2) is 6.10 Å². The minimum atomic E-state index is -4.39. The molecule has 0 aromatic rings. The fraction of sp³-hybridized carbons (Fsp3) is 0.692. The summed E-state index contributed by atoms with van der Waals surface area (Å²) in [5.74, 6) is -0.837. The van der Waals surface area contributed by atoms with Gasteiger partial charge in [-0.2, -0.15) is 0 Å². The first-order valence-electron chi connectivity index (χ1n) is 30.4. The summed E-state index contributed by atoms with van der Waals surface area (Å²) < 4.78 is 33.0. The van der Waals surface area contributed by atoms with E-state index in [1.807, 2.05) is 0 Å². The fourth-order valence-corrected chi connectivity index (χ4v) is 8.94. The van der Waals surface area contributed by atoms with E-state index in [0.29, 0.717) is 6.42 Å². The first-order valence-corrected chi connectivity index (χ1v) is 31.9. The van der Waals surface area contributed by atoms with Gasteiger partial charge in [-0.05, 0) is 103 Å². The molecular weight excluding hydrogens is 954 g/mol. The molecule has 0 bridgehead atoms. The molecule has 0 fully saturated rings. The lowest BCUT2D eigenvalue weighted by molar-refractivity contribution is -0.161. The van der Waals surface area contributed by atoms with E-state index in [4.69, 9.17) is 24.3 Å². The Morgan fingerprint density at radius 3 is 1.11 bits per heavy atom. The third kappa shape index (κ3) is 59.8. The van der Waals surface area contributed by atoms with Crippen molar-refractivity contribution in [2.75, 3.05) is 26.4 Å². The average Bonchev–Trinajstić information content (AvgIpc) is 3.40. The Bertz CT molecular complexity index is 1590. The molecule has 0 saturated heterocycles. The van der Waals surface area contributed by atoms with E-state index in [-0.39, 0.29) is 32.6 Å².